The molecule has 0 aliphatic rings. The van der Waals surface area contributed by atoms with E-state index in [1.807, 2.05) is 0 Å². The minimum Gasteiger partial charge on any atom is -0.465 e. The van der Waals surface area contributed by atoms with Crippen LogP contribution in [0.5, 0.6) is 0 Å². The fraction of sp³-hybridized carbons (Fsp3) is 0.211. The predicted molar refractivity (Wildman–Crippen MR) is 117 cm³/mol. The Morgan fingerprint density at radius 3 is 2.48 bits per heavy atom. The van der Waals surface area contributed by atoms with Crippen molar-refractivity contribution in [2.45, 2.75) is 13.5 Å². The second kappa shape index (κ2) is 9.62. The van der Waals surface area contributed by atoms with Crippen LogP contribution < -0.4 is 10.6 Å². The number of carbonyl (C=O) groups excluding carboxylic acids is 2. The maximum absolute atomic E-state index is 13.0. The summed E-state index contributed by atoms with van der Waals surface area (Å²) in [7, 11) is 2.50. The second-order valence-corrected chi connectivity index (χ2v) is 7.64. The van der Waals surface area contributed by atoms with Crippen LogP contribution in [0.1, 0.15) is 31.2 Å². The number of aromatic nitrogens is 3. The van der Waals surface area contributed by atoms with Gasteiger partial charge >= 0.3 is 11.9 Å². The molecule has 0 spiro atoms. The number of rotatable bonds is 6. The zero-order chi connectivity index (χ0) is 22.5. The number of hydrogen-bond donors (Lipinski definition) is 2. The van der Waals surface area contributed by atoms with E-state index in [-0.39, 0.29) is 27.3 Å². The monoisotopic (exact) mass is 463 g/mol. The van der Waals surface area contributed by atoms with Crippen LogP contribution in [0.2, 0.25) is 0 Å². The highest BCUT2D eigenvalue weighted by Gasteiger charge is 2.26. The van der Waals surface area contributed by atoms with Gasteiger partial charge in [0, 0.05) is 0 Å². The van der Waals surface area contributed by atoms with Crippen molar-refractivity contribution in [3.8, 4) is 0 Å². The Bertz CT molecular complexity index is 1130. The maximum Gasteiger partial charge on any atom is 0.348 e. The van der Waals surface area contributed by atoms with Crippen LogP contribution >= 0.6 is 23.6 Å². The van der Waals surface area contributed by atoms with Gasteiger partial charge in [-0.1, -0.05) is 12.1 Å². The third kappa shape index (κ3) is 5.22. The van der Waals surface area contributed by atoms with Gasteiger partial charge in [0.15, 0.2) is 5.11 Å². The van der Waals surface area contributed by atoms with Crippen molar-refractivity contribution < 1.29 is 23.5 Å². The number of thiophene rings is 1. The van der Waals surface area contributed by atoms with Gasteiger partial charge in [-0.15, -0.1) is 16.4 Å². The zero-order valence-electron chi connectivity index (χ0n) is 16.8. The van der Waals surface area contributed by atoms with E-state index in [4.69, 9.17) is 21.7 Å². The molecule has 0 radical (unpaired) electrons. The first kappa shape index (κ1) is 22.3. The first-order chi connectivity index (χ1) is 14.8. The van der Waals surface area contributed by atoms with E-state index < -0.39 is 11.9 Å². The van der Waals surface area contributed by atoms with Gasteiger partial charge in [0.25, 0.3) is 0 Å². The lowest BCUT2D eigenvalue weighted by Gasteiger charge is -2.08. The van der Waals surface area contributed by atoms with Gasteiger partial charge in [0.05, 0.1) is 26.3 Å². The lowest BCUT2D eigenvalue weighted by atomic mass is 10.1. The van der Waals surface area contributed by atoms with Crippen molar-refractivity contribution in [3.05, 3.63) is 58.0 Å². The smallest absolute Gasteiger partial charge is 0.348 e. The number of nitrogens with zero attached hydrogens (tertiary/aromatic N) is 3. The molecule has 0 fully saturated rings. The number of methoxy groups -OCH3 is 2. The molecule has 0 saturated heterocycles. The number of ether oxygens (including phenoxy) is 2. The fourth-order valence-electron chi connectivity index (χ4n) is 2.68. The molecule has 2 heterocycles. The molecule has 1 aromatic carbocycles. The van der Waals surface area contributed by atoms with E-state index in [0.29, 0.717) is 17.1 Å². The lowest BCUT2D eigenvalue weighted by molar-refractivity contribution is 0.0601. The minimum absolute atomic E-state index is 0.113. The number of esters is 2. The number of nitrogens with one attached hydrogen (secondary N) is 2. The molecule has 0 amide bonds. The van der Waals surface area contributed by atoms with Gasteiger partial charge in [0.1, 0.15) is 22.0 Å². The number of anilines is 2. The van der Waals surface area contributed by atoms with Crippen molar-refractivity contribution in [1.82, 2.24) is 14.8 Å². The Labute approximate surface area is 186 Å². The molecule has 0 aliphatic heterocycles. The third-order valence-electron chi connectivity index (χ3n) is 4.15. The number of thiocarbonyl (C=S) groups is 1. The quantitative estimate of drug-likeness (QED) is 0.421. The van der Waals surface area contributed by atoms with E-state index in [0.717, 1.165) is 16.9 Å². The van der Waals surface area contributed by atoms with Crippen LogP contribution in [-0.2, 0) is 16.0 Å². The van der Waals surface area contributed by atoms with Crippen molar-refractivity contribution >= 4 is 51.6 Å². The normalized spacial score (nSPS) is 10.5. The summed E-state index contributed by atoms with van der Waals surface area (Å²) in [4.78, 5) is 28.6. The van der Waals surface area contributed by atoms with Crippen molar-refractivity contribution in [2.75, 3.05) is 24.9 Å². The highest BCUT2D eigenvalue weighted by Crippen LogP contribution is 2.34. The molecular formula is C19H18FN5O4S2. The lowest BCUT2D eigenvalue weighted by Crippen LogP contribution is -2.21. The highest BCUT2D eigenvalue weighted by molar-refractivity contribution is 7.80. The Kier molecular flexibility index (Phi) is 6.92. The zero-order valence-corrected chi connectivity index (χ0v) is 18.4. The summed E-state index contributed by atoms with van der Waals surface area (Å²) in [5, 5.41) is 10.4. The van der Waals surface area contributed by atoms with E-state index in [9.17, 15) is 14.0 Å². The first-order valence-corrected chi connectivity index (χ1v) is 10.1. The molecule has 3 aromatic rings. The van der Waals surface area contributed by atoms with Crippen LogP contribution in [0.4, 0.5) is 15.3 Å². The Morgan fingerprint density at radius 1 is 1.16 bits per heavy atom. The van der Waals surface area contributed by atoms with Gasteiger partial charge < -0.3 is 14.8 Å². The molecule has 3 rings (SSSR count). The number of benzene rings is 1. The van der Waals surface area contributed by atoms with Gasteiger partial charge in [-0.05, 0) is 42.4 Å². The molecule has 2 aromatic heterocycles. The molecule has 9 nitrogen and oxygen atoms in total. The molecule has 0 aliphatic carbocycles. The van der Waals surface area contributed by atoms with Crippen molar-refractivity contribution in [1.29, 1.82) is 0 Å². The topological polar surface area (TPSA) is 107 Å². The molecule has 0 atom stereocenters. The largest absolute Gasteiger partial charge is 0.465 e. The second-order valence-electron chi connectivity index (χ2n) is 6.21. The summed E-state index contributed by atoms with van der Waals surface area (Å²) in [6.45, 7) is 2.02. The molecule has 2 N–H and O–H groups in total. The fourth-order valence-corrected chi connectivity index (χ4v) is 4.05. The molecule has 0 saturated carbocycles. The maximum atomic E-state index is 13.0. The summed E-state index contributed by atoms with van der Waals surface area (Å²) in [6.07, 6.45) is 1.50. The van der Waals surface area contributed by atoms with Crippen LogP contribution in [0.25, 0.3) is 0 Å². The summed E-state index contributed by atoms with van der Waals surface area (Å²) in [6, 6.07) is 6.05. The predicted octanol–water partition coefficient (Wildman–Crippen LogP) is 3.22. The van der Waals surface area contributed by atoms with Crippen LogP contribution in [0.3, 0.4) is 0 Å². The van der Waals surface area contributed by atoms with E-state index in [2.05, 4.69) is 20.7 Å². The Balaban J connectivity index is 1.72. The van der Waals surface area contributed by atoms with Crippen LogP contribution in [0, 0.1) is 12.7 Å². The molecule has 0 bridgehead atoms. The van der Waals surface area contributed by atoms with E-state index in [1.165, 1.54) is 32.7 Å². The van der Waals surface area contributed by atoms with Gasteiger partial charge in [-0.3, -0.25) is 5.32 Å². The molecular weight excluding hydrogens is 445 g/mol. The van der Waals surface area contributed by atoms with Crippen molar-refractivity contribution in [3.63, 3.8) is 0 Å². The summed E-state index contributed by atoms with van der Waals surface area (Å²) in [5.74, 6) is -1.27. The Hall–Kier alpha value is -3.38. The third-order valence-corrected chi connectivity index (χ3v) is 5.55. The summed E-state index contributed by atoms with van der Waals surface area (Å²) < 4.78 is 24.2. The molecule has 31 heavy (non-hydrogen) atoms. The van der Waals surface area contributed by atoms with Gasteiger partial charge in [-0.2, -0.15) is 0 Å². The van der Waals surface area contributed by atoms with Gasteiger partial charge in [-0.25, -0.2) is 23.6 Å². The van der Waals surface area contributed by atoms with E-state index >= 15 is 0 Å². The number of hydrogen-bond acceptors (Lipinski definition) is 8. The standard InChI is InChI=1S/C19H18FN5O4S2/c1-10-13(16(26)28-2)15(31-14(10)17(27)29-3)22-19(30)23-18-21-9-25(24-18)8-11-4-6-12(20)7-5-11/h4-7,9H,8H2,1-3H3,(H2,22,23,24,30). The highest BCUT2D eigenvalue weighted by atomic mass is 32.1. The van der Waals surface area contributed by atoms with Crippen molar-refractivity contribution in [2.24, 2.45) is 0 Å². The molecule has 0 unspecified atom stereocenters. The average molecular weight is 464 g/mol. The SMILES string of the molecule is COC(=O)c1sc(NC(=S)Nc2ncn(Cc3ccc(F)cc3)n2)c(C(=O)OC)c1C. The average Bonchev–Trinajstić information content (AvgIpc) is 3.32. The number of halogens is 1. The van der Waals surface area contributed by atoms with E-state index in [1.54, 1.807) is 23.7 Å². The molecule has 12 heteroatoms. The minimum atomic E-state index is -0.615. The van der Waals surface area contributed by atoms with Gasteiger partial charge in [0.2, 0.25) is 5.95 Å². The Morgan fingerprint density at radius 2 is 1.84 bits per heavy atom. The number of carbonyl (C=O) groups is 2. The first-order valence-electron chi connectivity index (χ1n) is 8.84. The van der Waals surface area contributed by atoms with Crippen LogP contribution in [-0.4, -0.2) is 46.0 Å². The summed E-state index contributed by atoms with van der Waals surface area (Å²) in [5.41, 5.74) is 1.47. The molecule has 162 valence electrons. The summed E-state index contributed by atoms with van der Waals surface area (Å²) >= 11 is 6.30. The van der Waals surface area contributed by atoms with Crippen LogP contribution in [0.15, 0.2) is 30.6 Å².